The standard InChI is InChI=1S/C14H12N2O6S2/c17-11(18)5-2-6-15-13(20)10(24-14(15)23)7-8-3-1-4-9(12(8)19)16(21)22/h1,3-4,7,19H,2,5-6H2,(H,17,18)/b10-7-. The third kappa shape index (κ3) is 3.89. The highest BCUT2D eigenvalue weighted by molar-refractivity contribution is 8.26. The molecule has 0 atom stereocenters. The summed E-state index contributed by atoms with van der Waals surface area (Å²) in [5.41, 5.74) is -0.323. The summed E-state index contributed by atoms with van der Waals surface area (Å²) in [6.07, 6.45) is 1.51. The van der Waals surface area contributed by atoms with Crippen molar-refractivity contribution in [2.75, 3.05) is 6.54 Å². The number of benzene rings is 1. The monoisotopic (exact) mass is 368 g/mol. The molecule has 126 valence electrons. The molecule has 24 heavy (non-hydrogen) atoms. The van der Waals surface area contributed by atoms with E-state index in [1.165, 1.54) is 23.1 Å². The second kappa shape index (κ2) is 7.41. The number of carboxylic acid groups (broad SMARTS) is 1. The number of para-hydroxylation sites is 1. The van der Waals surface area contributed by atoms with E-state index in [0.717, 1.165) is 17.8 Å². The first-order chi connectivity index (χ1) is 11.3. The van der Waals surface area contributed by atoms with Crippen LogP contribution < -0.4 is 0 Å². The number of hydrogen-bond acceptors (Lipinski definition) is 7. The molecule has 0 bridgehead atoms. The largest absolute Gasteiger partial charge is 0.502 e. The van der Waals surface area contributed by atoms with Gasteiger partial charge in [-0.2, -0.15) is 0 Å². The number of phenols is 1. The zero-order valence-electron chi connectivity index (χ0n) is 12.2. The Kier molecular flexibility index (Phi) is 5.52. The van der Waals surface area contributed by atoms with Crippen molar-refractivity contribution in [3.8, 4) is 5.75 Å². The normalized spacial score (nSPS) is 16.0. The van der Waals surface area contributed by atoms with E-state index in [-0.39, 0.29) is 34.2 Å². The molecule has 8 nitrogen and oxygen atoms in total. The van der Waals surface area contributed by atoms with Gasteiger partial charge in [-0.3, -0.25) is 24.6 Å². The number of hydrogen-bond donors (Lipinski definition) is 2. The van der Waals surface area contributed by atoms with E-state index in [9.17, 15) is 24.8 Å². The van der Waals surface area contributed by atoms with Crippen molar-refractivity contribution in [2.45, 2.75) is 12.8 Å². The summed E-state index contributed by atoms with van der Waals surface area (Å²) in [4.78, 5) is 34.4. The highest BCUT2D eigenvalue weighted by Gasteiger charge is 2.32. The van der Waals surface area contributed by atoms with Gasteiger partial charge in [-0.05, 0) is 12.5 Å². The zero-order chi connectivity index (χ0) is 17.9. The molecule has 0 spiro atoms. The molecule has 1 aliphatic rings. The molecule has 1 saturated heterocycles. The summed E-state index contributed by atoms with van der Waals surface area (Å²) in [6, 6.07) is 4.00. The topological polar surface area (TPSA) is 121 Å². The molecule has 1 heterocycles. The molecule has 0 radical (unpaired) electrons. The number of aliphatic carboxylic acids is 1. The lowest BCUT2D eigenvalue weighted by Crippen LogP contribution is -2.29. The number of thiocarbonyl (C=S) groups is 1. The van der Waals surface area contributed by atoms with Crippen LogP contribution in [0.5, 0.6) is 5.75 Å². The van der Waals surface area contributed by atoms with E-state index < -0.39 is 28.2 Å². The zero-order valence-corrected chi connectivity index (χ0v) is 13.8. The van der Waals surface area contributed by atoms with Gasteiger partial charge in [-0.15, -0.1) is 0 Å². The molecule has 2 N–H and O–H groups in total. The van der Waals surface area contributed by atoms with Crippen molar-refractivity contribution in [3.63, 3.8) is 0 Å². The van der Waals surface area contributed by atoms with Crippen molar-refractivity contribution in [1.82, 2.24) is 4.90 Å². The van der Waals surface area contributed by atoms with Gasteiger partial charge in [-0.25, -0.2) is 0 Å². The van der Waals surface area contributed by atoms with Gasteiger partial charge < -0.3 is 10.2 Å². The second-order valence-electron chi connectivity index (χ2n) is 4.80. The Morgan fingerprint density at radius 1 is 1.46 bits per heavy atom. The summed E-state index contributed by atoms with van der Waals surface area (Å²) < 4.78 is 0.279. The summed E-state index contributed by atoms with van der Waals surface area (Å²) in [7, 11) is 0. The number of nitro benzene ring substituents is 1. The Balaban J connectivity index is 2.21. The van der Waals surface area contributed by atoms with Gasteiger partial charge >= 0.3 is 11.7 Å². The number of rotatable bonds is 6. The third-order valence-corrected chi connectivity index (χ3v) is 4.55. The van der Waals surface area contributed by atoms with Crippen molar-refractivity contribution in [1.29, 1.82) is 0 Å². The summed E-state index contributed by atoms with van der Waals surface area (Å²) in [5, 5.41) is 29.4. The second-order valence-corrected chi connectivity index (χ2v) is 6.48. The lowest BCUT2D eigenvalue weighted by Gasteiger charge is -2.13. The number of phenolic OH excluding ortho intramolecular Hbond substituents is 1. The maximum Gasteiger partial charge on any atom is 0.311 e. The smallest absolute Gasteiger partial charge is 0.311 e. The van der Waals surface area contributed by atoms with E-state index >= 15 is 0 Å². The van der Waals surface area contributed by atoms with Crippen LogP contribution in [0.2, 0.25) is 0 Å². The van der Waals surface area contributed by atoms with Gasteiger partial charge in [0.15, 0.2) is 0 Å². The number of thioether (sulfide) groups is 1. The van der Waals surface area contributed by atoms with Crippen LogP contribution in [-0.2, 0) is 9.59 Å². The van der Waals surface area contributed by atoms with E-state index in [4.69, 9.17) is 17.3 Å². The predicted molar refractivity (Wildman–Crippen MR) is 91.5 cm³/mol. The minimum atomic E-state index is -0.961. The van der Waals surface area contributed by atoms with Crippen molar-refractivity contribution in [2.24, 2.45) is 0 Å². The highest BCUT2D eigenvalue weighted by atomic mass is 32.2. The van der Waals surface area contributed by atoms with E-state index in [0.29, 0.717) is 0 Å². The molecule has 0 unspecified atom stereocenters. The van der Waals surface area contributed by atoms with Gasteiger partial charge in [0, 0.05) is 24.6 Å². The number of carboxylic acids is 1. The van der Waals surface area contributed by atoms with Crippen LogP contribution in [0.3, 0.4) is 0 Å². The van der Waals surface area contributed by atoms with Gasteiger partial charge in [0.2, 0.25) is 5.75 Å². The highest BCUT2D eigenvalue weighted by Crippen LogP contribution is 2.36. The number of amides is 1. The van der Waals surface area contributed by atoms with E-state index in [1.807, 2.05) is 0 Å². The van der Waals surface area contributed by atoms with Crippen molar-refractivity contribution in [3.05, 3.63) is 38.8 Å². The average Bonchev–Trinajstić information content (AvgIpc) is 2.76. The van der Waals surface area contributed by atoms with Gasteiger partial charge in [0.25, 0.3) is 5.91 Å². The Morgan fingerprint density at radius 3 is 2.79 bits per heavy atom. The minimum Gasteiger partial charge on any atom is -0.502 e. The SMILES string of the molecule is O=C(O)CCCN1C(=O)/C(=C/c2cccc([N+](=O)[O-])c2O)SC1=S. The van der Waals surface area contributed by atoms with Crippen LogP contribution in [0.1, 0.15) is 18.4 Å². The maximum absolute atomic E-state index is 12.3. The minimum absolute atomic E-state index is 0.0816. The molecule has 1 aromatic rings. The summed E-state index contributed by atoms with van der Waals surface area (Å²) in [5.74, 6) is -1.91. The van der Waals surface area contributed by atoms with Crippen molar-refractivity contribution < 1.29 is 24.7 Å². The lowest BCUT2D eigenvalue weighted by molar-refractivity contribution is -0.385. The molecule has 0 aliphatic carbocycles. The van der Waals surface area contributed by atoms with E-state index in [2.05, 4.69) is 0 Å². The number of nitro groups is 1. The molecule has 1 aliphatic heterocycles. The molecular weight excluding hydrogens is 356 g/mol. The molecule has 1 fully saturated rings. The first kappa shape index (κ1) is 17.9. The summed E-state index contributed by atoms with van der Waals surface area (Å²) in [6.45, 7) is 0.176. The number of aromatic hydroxyl groups is 1. The fraction of sp³-hybridized carbons (Fsp3) is 0.214. The Morgan fingerprint density at radius 2 is 2.17 bits per heavy atom. The molecule has 10 heteroatoms. The summed E-state index contributed by atoms with van der Waals surface area (Å²) >= 11 is 6.10. The Labute approximate surface area is 145 Å². The lowest BCUT2D eigenvalue weighted by atomic mass is 10.1. The van der Waals surface area contributed by atoms with Gasteiger partial charge in [-0.1, -0.05) is 36.1 Å². The Hall–Kier alpha value is -2.46. The van der Waals surface area contributed by atoms with Crippen LogP contribution >= 0.6 is 24.0 Å². The third-order valence-electron chi connectivity index (χ3n) is 3.18. The number of carbonyl (C=O) groups is 2. The fourth-order valence-electron chi connectivity index (χ4n) is 2.03. The van der Waals surface area contributed by atoms with Crippen molar-refractivity contribution >= 4 is 51.9 Å². The van der Waals surface area contributed by atoms with Gasteiger partial charge in [0.1, 0.15) is 4.32 Å². The Bertz CT molecular complexity index is 762. The molecule has 2 rings (SSSR count). The molecule has 0 aromatic heterocycles. The first-order valence-electron chi connectivity index (χ1n) is 6.74. The van der Waals surface area contributed by atoms with Crippen LogP contribution in [0.4, 0.5) is 5.69 Å². The van der Waals surface area contributed by atoms with Crippen LogP contribution in [0.15, 0.2) is 23.1 Å². The number of nitrogens with zero attached hydrogens (tertiary/aromatic N) is 2. The fourth-order valence-corrected chi connectivity index (χ4v) is 3.33. The quantitative estimate of drug-likeness (QED) is 0.340. The van der Waals surface area contributed by atoms with Gasteiger partial charge in [0.05, 0.1) is 9.83 Å². The number of carbonyl (C=O) groups excluding carboxylic acids is 1. The molecule has 0 saturated carbocycles. The predicted octanol–water partition coefficient (Wildman–Crippen LogP) is 2.37. The first-order valence-corrected chi connectivity index (χ1v) is 7.97. The maximum atomic E-state index is 12.3. The van der Waals surface area contributed by atoms with Crippen LogP contribution in [-0.4, -0.2) is 42.8 Å². The molecular formula is C14H12N2O6S2. The van der Waals surface area contributed by atoms with Crippen LogP contribution in [0.25, 0.3) is 6.08 Å². The molecule has 1 aromatic carbocycles. The average molecular weight is 368 g/mol. The molecule has 1 amide bonds. The van der Waals surface area contributed by atoms with E-state index in [1.54, 1.807) is 0 Å². The van der Waals surface area contributed by atoms with Crippen LogP contribution in [0, 0.1) is 10.1 Å².